The van der Waals surface area contributed by atoms with Crippen molar-refractivity contribution in [1.29, 1.82) is 0 Å². The summed E-state index contributed by atoms with van der Waals surface area (Å²) in [5.74, 6) is 2.82. The van der Waals surface area contributed by atoms with E-state index in [0.29, 0.717) is 12.5 Å². The highest BCUT2D eigenvalue weighted by Crippen LogP contribution is 2.14. The third-order valence-corrected chi connectivity index (χ3v) is 3.88. The Labute approximate surface area is 121 Å². The lowest BCUT2D eigenvalue weighted by Gasteiger charge is -2.19. The fourth-order valence-corrected chi connectivity index (χ4v) is 2.65. The van der Waals surface area contributed by atoms with Crippen LogP contribution in [0.1, 0.15) is 44.8 Å². The molecule has 2 rings (SSSR count). The van der Waals surface area contributed by atoms with E-state index in [9.17, 15) is 0 Å². The van der Waals surface area contributed by atoms with Gasteiger partial charge in [0.15, 0.2) is 5.96 Å². The second-order valence-corrected chi connectivity index (χ2v) is 5.16. The molecule has 0 unspecified atom stereocenters. The van der Waals surface area contributed by atoms with E-state index in [0.717, 1.165) is 44.1 Å². The van der Waals surface area contributed by atoms with E-state index in [1.807, 2.05) is 0 Å². The van der Waals surface area contributed by atoms with E-state index >= 15 is 0 Å². The average Bonchev–Trinajstić information content (AvgIpc) is 2.69. The zero-order valence-corrected chi connectivity index (χ0v) is 12.7. The van der Waals surface area contributed by atoms with E-state index in [2.05, 4.69) is 38.5 Å². The van der Waals surface area contributed by atoms with Gasteiger partial charge in [-0.25, -0.2) is 0 Å². The molecule has 6 heteroatoms. The quantitative estimate of drug-likeness (QED) is 0.649. The summed E-state index contributed by atoms with van der Waals surface area (Å²) in [7, 11) is 0. The van der Waals surface area contributed by atoms with Crippen molar-refractivity contribution in [1.82, 2.24) is 19.7 Å². The summed E-state index contributed by atoms with van der Waals surface area (Å²) in [5, 5.41) is 8.62. The minimum absolute atomic E-state index is 0.630. The van der Waals surface area contributed by atoms with E-state index in [1.165, 1.54) is 19.3 Å². The molecule has 0 saturated carbocycles. The Morgan fingerprint density at radius 3 is 2.80 bits per heavy atom. The molecule has 1 aromatic rings. The van der Waals surface area contributed by atoms with Gasteiger partial charge in [-0.15, -0.1) is 10.2 Å². The number of aryl methyl sites for hydroxylation is 1. The Balaban J connectivity index is 1.94. The number of nitrogens with zero attached hydrogens (tertiary/aromatic N) is 5. The number of aromatic nitrogens is 3. The maximum Gasteiger partial charge on any atom is 0.191 e. The average molecular weight is 278 g/mol. The molecular weight excluding hydrogens is 252 g/mol. The van der Waals surface area contributed by atoms with Gasteiger partial charge < -0.3 is 15.2 Å². The summed E-state index contributed by atoms with van der Waals surface area (Å²) in [5.41, 5.74) is 5.97. The normalized spacial score (nSPS) is 15.8. The number of hydrogen-bond donors (Lipinski definition) is 1. The van der Waals surface area contributed by atoms with Gasteiger partial charge in [0, 0.05) is 39.0 Å². The van der Waals surface area contributed by atoms with Crippen molar-refractivity contribution in [2.75, 3.05) is 19.6 Å². The van der Waals surface area contributed by atoms with Crippen LogP contribution in [0.3, 0.4) is 0 Å². The molecular formula is C14H26N6. The predicted molar refractivity (Wildman–Crippen MR) is 80.7 cm³/mol. The molecule has 20 heavy (non-hydrogen) atoms. The van der Waals surface area contributed by atoms with Crippen molar-refractivity contribution in [2.45, 2.75) is 52.5 Å². The predicted octanol–water partition coefficient (Wildman–Crippen LogP) is 1.20. The van der Waals surface area contributed by atoms with Crippen molar-refractivity contribution in [2.24, 2.45) is 10.7 Å². The van der Waals surface area contributed by atoms with Crippen LogP contribution in [0.25, 0.3) is 0 Å². The van der Waals surface area contributed by atoms with Gasteiger partial charge in [0.05, 0.1) is 0 Å². The summed E-state index contributed by atoms with van der Waals surface area (Å²) >= 11 is 0. The summed E-state index contributed by atoms with van der Waals surface area (Å²) < 4.78 is 2.27. The fraction of sp³-hybridized carbons (Fsp3) is 0.786. The molecule has 0 saturated heterocycles. The Hall–Kier alpha value is -1.59. The molecule has 0 fully saturated rings. The minimum atomic E-state index is 0.630. The summed E-state index contributed by atoms with van der Waals surface area (Å²) in [6.07, 6.45) is 5.61. The number of guanidine groups is 1. The minimum Gasteiger partial charge on any atom is -0.370 e. The molecule has 1 aliphatic rings. The molecule has 0 spiro atoms. The van der Waals surface area contributed by atoms with Gasteiger partial charge in [-0.1, -0.05) is 6.42 Å². The van der Waals surface area contributed by atoms with Crippen LogP contribution >= 0.6 is 0 Å². The first kappa shape index (κ1) is 14.8. The summed E-state index contributed by atoms with van der Waals surface area (Å²) in [6.45, 7) is 7.69. The Morgan fingerprint density at radius 1 is 1.25 bits per heavy atom. The maximum absolute atomic E-state index is 5.97. The molecule has 6 nitrogen and oxygen atoms in total. The molecule has 0 radical (unpaired) electrons. The molecule has 1 aliphatic heterocycles. The van der Waals surface area contributed by atoms with Crippen molar-refractivity contribution < 1.29 is 0 Å². The van der Waals surface area contributed by atoms with Gasteiger partial charge in [-0.05, 0) is 26.7 Å². The zero-order valence-electron chi connectivity index (χ0n) is 12.7. The maximum atomic E-state index is 5.97. The summed E-state index contributed by atoms with van der Waals surface area (Å²) in [6, 6.07) is 0. The first-order chi connectivity index (χ1) is 9.76. The number of aliphatic imine (C=N–C) groups is 1. The zero-order chi connectivity index (χ0) is 14.4. The Morgan fingerprint density at radius 2 is 2.05 bits per heavy atom. The van der Waals surface area contributed by atoms with Gasteiger partial charge >= 0.3 is 0 Å². The second-order valence-electron chi connectivity index (χ2n) is 5.16. The standard InChI is InChI=1S/C14H26N6/c1-3-19(4-2)14(15)16-10-9-13-18-17-12-8-6-5-7-11-20(12)13/h3-11H2,1-2H3,(H2,15,16). The lowest BCUT2D eigenvalue weighted by Crippen LogP contribution is -2.37. The second kappa shape index (κ2) is 7.26. The molecule has 0 aliphatic carbocycles. The number of rotatable bonds is 5. The molecule has 112 valence electrons. The lowest BCUT2D eigenvalue weighted by molar-refractivity contribution is 0.458. The van der Waals surface area contributed by atoms with Gasteiger partial charge in [0.2, 0.25) is 0 Å². The third-order valence-electron chi connectivity index (χ3n) is 3.88. The molecule has 0 aromatic carbocycles. The smallest absolute Gasteiger partial charge is 0.191 e. The largest absolute Gasteiger partial charge is 0.370 e. The van der Waals surface area contributed by atoms with Gasteiger partial charge in [-0.2, -0.15) is 0 Å². The van der Waals surface area contributed by atoms with E-state index < -0.39 is 0 Å². The van der Waals surface area contributed by atoms with Gasteiger partial charge in [-0.3, -0.25) is 4.99 Å². The first-order valence-electron chi connectivity index (χ1n) is 7.72. The Bertz CT molecular complexity index is 447. The highest BCUT2D eigenvalue weighted by atomic mass is 15.3. The van der Waals surface area contributed by atoms with Crippen LogP contribution in [-0.2, 0) is 19.4 Å². The van der Waals surface area contributed by atoms with Crippen LogP contribution in [0.2, 0.25) is 0 Å². The Kier molecular flexibility index (Phi) is 5.38. The third kappa shape index (κ3) is 3.49. The monoisotopic (exact) mass is 278 g/mol. The van der Waals surface area contributed by atoms with Crippen LogP contribution in [-0.4, -0.2) is 45.3 Å². The molecule has 2 N–H and O–H groups in total. The lowest BCUT2D eigenvalue weighted by atomic mass is 10.2. The van der Waals surface area contributed by atoms with Crippen LogP contribution in [0.5, 0.6) is 0 Å². The molecule has 0 amide bonds. The van der Waals surface area contributed by atoms with Crippen molar-refractivity contribution in [3.63, 3.8) is 0 Å². The molecule has 2 heterocycles. The van der Waals surface area contributed by atoms with E-state index in [1.54, 1.807) is 0 Å². The van der Waals surface area contributed by atoms with Crippen molar-refractivity contribution >= 4 is 5.96 Å². The molecule has 0 atom stereocenters. The molecule has 1 aromatic heterocycles. The highest BCUT2D eigenvalue weighted by Gasteiger charge is 2.14. The van der Waals surface area contributed by atoms with E-state index in [4.69, 9.17) is 5.73 Å². The number of fused-ring (bicyclic) bond motifs is 1. The van der Waals surface area contributed by atoms with Crippen molar-refractivity contribution in [3.05, 3.63) is 11.6 Å². The fourth-order valence-electron chi connectivity index (χ4n) is 2.65. The summed E-state index contributed by atoms with van der Waals surface area (Å²) in [4.78, 5) is 6.51. The number of hydrogen-bond acceptors (Lipinski definition) is 3. The van der Waals surface area contributed by atoms with Crippen LogP contribution in [0, 0.1) is 0 Å². The molecule has 0 bridgehead atoms. The SMILES string of the molecule is CCN(CC)C(N)=NCCc1nnc2n1CCCCC2. The first-order valence-corrected chi connectivity index (χ1v) is 7.72. The van der Waals surface area contributed by atoms with Crippen LogP contribution in [0.4, 0.5) is 0 Å². The van der Waals surface area contributed by atoms with Crippen LogP contribution < -0.4 is 5.73 Å². The van der Waals surface area contributed by atoms with Crippen molar-refractivity contribution in [3.8, 4) is 0 Å². The van der Waals surface area contributed by atoms with Gasteiger partial charge in [0.1, 0.15) is 11.6 Å². The highest BCUT2D eigenvalue weighted by molar-refractivity contribution is 5.77. The van der Waals surface area contributed by atoms with E-state index in [-0.39, 0.29) is 0 Å². The van der Waals surface area contributed by atoms with Crippen LogP contribution in [0.15, 0.2) is 4.99 Å². The van der Waals surface area contributed by atoms with Gasteiger partial charge in [0.25, 0.3) is 0 Å². The number of nitrogens with two attached hydrogens (primary N) is 1. The topological polar surface area (TPSA) is 72.3 Å².